The van der Waals surface area contributed by atoms with Crippen LogP contribution in [0.2, 0.25) is 0 Å². The molecule has 1 aromatic rings. The Morgan fingerprint density at radius 1 is 1.11 bits per heavy atom. The molecule has 1 aliphatic carbocycles. The second kappa shape index (κ2) is 4.61. The third kappa shape index (κ3) is 2.50. The molecule has 1 saturated heterocycles. The third-order valence-corrected chi connectivity index (χ3v) is 4.65. The van der Waals surface area contributed by atoms with Gasteiger partial charge in [-0.05, 0) is 11.6 Å². The first-order chi connectivity index (χ1) is 9.05. The minimum Gasteiger partial charge on any atom is -0.328 e. The molecule has 0 aromatic heterocycles. The smallest absolute Gasteiger partial charge is 0.156 e. The molecule has 0 spiro atoms. The molecule has 1 aliphatic heterocycles. The molecule has 2 atom stereocenters. The lowest BCUT2D eigenvalue weighted by atomic mass is 9.71. The minimum atomic E-state index is 0.312. The van der Waals surface area contributed by atoms with Crippen molar-refractivity contribution >= 4 is 5.78 Å². The number of ketones is 1. The molecule has 0 unspecified atom stereocenters. The summed E-state index contributed by atoms with van der Waals surface area (Å²) in [7, 11) is 4.60. The number of allylic oxidation sites excluding steroid dienone is 1. The maximum Gasteiger partial charge on any atom is 0.156 e. The number of piperidine rings is 1. The van der Waals surface area contributed by atoms with E-state index < -0.39 is 0 Å². The predicted molar refractivity (Wildman–Crippen MR) is 76.8 cm³/mol. The molecule has 1 fully saturated rings. The lowest BCUT2D eigenvalue weighted by Gasteiger charge is -2.44. The molecule has 0 amide bonds. The Bertz CT molecular complexity index is 515. The van der Waals surface area contributed by atoms with E-state index >= 15 is 0 Å². The predicted octanol–water partition coefficient (Wildman–Crippen LogP) is 2.77. The van der Waals surface area contributed by atoms with Crippen LogP contribution in [0.15, 0.2) is 42.0 Å². The first kappa shape index (κ1) is 12.6. The van der Waals surface area contributed by atoms with Gasteiger partial charge in [-0.25, -0.2) is 0 Å². The zero-order valence-corrected chi connectivity index (χ0v) is 11.8. The number of benzene rings is 1. The lowest BCUT2D eigenvalue weighted by Crippen LogP contribution is -2.50. The van der Waals surface area contributed by atoms with Crippen molar-refractivity contribution in [2.75, 3.05) is 27.2 Å². The van der Waals surface area contributed by atoms with Crippen molar-refractivity contribution in [2.24, 2.45) is 5.92 Å². The van der Waals surface area contributed by atoms with Crippen LogP contribution in [0.1, 0.15) is 24.3 Å². The van der Waals surface area contributed by atoms with Crippen LogP contribution in [-0.4, -0.2) is 37.5 Å². The Morgan fingerprint density at radius 2 is 1.84 bits per heavy atom. The molecule has 1 heterocycles. The number of likely N-dealkylation sites (tertiary alicyclic amines) is 1. The summed E-state index contributed by atoms with van der Waals surface area (Å²) in [5, 5.41) is 0. The van der Waals surface area contributed by atoms with Crippen molar-refractivity contribution in [2.45, 2.75) is 18.8 Å². The molecule has 2 aliphatic rings. The number of fused-ring (bicyclic) bond motifs is 1. The number of nitrogens with zero attached hydrogens (tertiary/aromatic N) is 1. The summed E-state index contributed by atoms with van der Waals surface area (Å²) in [6, 6.07) is 10.6. The molecule has 2 nitrogen and oxygen atoms in total. The first-order valence-electron chi connectivity index (χ1n) is 7.15. The number of carbonyl (C=O) groups excluding carboxylic acids is 1. The van der Waals surface area contributed by atoms with E-state index in [1.807, 2.05) is 12.1 Å². The maximum atomic E-state index is 12.0. The largest absolute Gasteiger partial charge is 0.328 e. The molecule has 19 heavy (non-hydrogen) atoms. The Kier molecular flexibility index (Phi) is 3.06. The monoisotopic (exact) mass is 256 g/mol. The average Bonchev–Trinajstić information content (AvgIpc) is 2.39. The molecular weight excluding hydrogens is 234 g/mol. The van der Waals surface area contributed by atoms with Crippen molar-refractivity contribution in [3.8, 4) is 0 Å². The van der Waals surface area contributed by atoms with Gasteiger partial charge in [0.1, 0.15) is 0 Å². The summed E-state index contributed by atoms with van der Waals surface area (Å²) in [5.74, 6) is 1.24. The van der Waals surface area contributed by atoms with Gasteiger partial charge in [0.2, 0.25) is 0 Å². The highest BCUT2D eigenvalue weighted by Gasteiger charge is 2.40. The molecule has 1 aromatic carbocycles. The van der Waals surface area contributed by atoms with E-state index in [1.54, 1.807) is 0 Å². The quantitative estimate of drug-likeness (QED) is 0.706. The Balaban J connectivity index is 1.96. The van der Waals surface area contributed by atoms with Crippen molar-refractivity contribution in [1.29, 1.82) is 0 Å². The Morgan fingerprint density at radius 3 is 2.58 bits per heavy atom. The Labute approximate surface area is 115 Å². The fraction of sp³-hybridized carbons (Fsp3) is 0.471. The molecule has 0 saturated carbocycles. The molecular formula is C17H22NO+. The molecule has 0 N–H and O–H groups in total. The summed E-state index contributed by atoms with van der Waals surface area (Å²) in [6.45, 7) is 2.30. The summed E-state index contributed by atoms with van der Waals surface area (Å²) >= 11 is 0. The van der Waals surface area contributed by atoms with Gasteiger partial charge in [0.05, 0.1) is 27.2 Å². The van der Waals surface area contributed by atoms with Gasteiger partial charge in [-0.3, -0.25) is 4.79 Å². The number of hydrogen-bond donors (Lipinski definition) is 0. The topological polar surface area (TPSA) is 17.1 Å². The van der Waals surface area contributed by atoms with Crippen LogP contribution < -0.4 is 0 Å². The molecule has 3 rings (SSSR count). The fourth-order valence-corrected chi connectivity index (χ4v) is 3.60. The van der Waals surface area contributed by atoms with Crippen molar-refractivity contribution < 1.29 is 9.28 Å². The van der Waals surface area contributed by atoms with Gasteiger partial charge in [-0.1, -0.05) is 35.9 Å². The molecule has 2 heteroatoms. The summed E-state index contributed by atoms with van der Waals surface area (Å²) in [4.78, 5) is 12.0. The summed E-state index contributed by atoms with van der Waals surface area (Å²) in [5.41, 5.74) is 2.72. The molecule has 0 radical (unpaired) electrons. The minimum absolute atomic E-state index is 0.312. The summed E-state index contributed by atoms with van der Waals surface area (Å²) < 4.78 is 1.07. The van der Waals surface area contributed by atoms with Crippen LogP contribution in [0.5, 0.6) is 0 Å². The van der Waals surface area contributed by atoms with Crippen molar-refractivity contribution in [1.82, 2.24) is 0 Å². The number of hydrogen-bond acceptors (Lipinski definition) is 1. The molecule has 100 valence electrons. The van der Waals surface area contributed by atoms with Crippen LogP contribution in [0.25, 0.3) is 0 Å². The van der Waals surface area contributed by atoms with Gasteiger partial charge in [-0.2, -0.15) is 0 Å². The zero-order valence-electron chi connectivity index (χ0n) is 11.8. The highest BCUT2D eigenvalue weighted by Crippen LogP contribution is 2.41. The van der Waals surface area contributed by atoms with E-state index in [0.29, 0.717) is 24.0 Å². The highest BCUT2D eigenvalue weighted by molar-refractivity contribution is 5.92. The van der Waals surface area contributed by atoms with E-state index in [4.69, 9.17) is 0 Å². The van der Waals surface area contributed by atoms with Gasteiger partial charge in [0, 0.05) is 24.7 Å². The third-order valence-electron chi connectivity index (χ3n) is 4.65. The number of quaternary nitrogens is 1. The fourth-order valence-electron chi connectivity index (χ4n) is 3.60. The van der Waals surface area contributed by atoms with Crippen LogP contribution in [0, 0.1) is 5.92 Å². The van der Waals surface area contributed by atoms with Gasteiger partial charge in [0.25, 0.3) is 0 Å². The lowest BCUT2D eigenvalue weighted by molar-refractivity contribution is -0.896. The van der Waals surface area contributed by atoms with Crippen molar-refractivity contribution in [3.05, 3.63) is 47.5 Å². The van der Waals surface area contributed by atoms with E-state index in [9.17, 15) is 4.79 Å². The summed E-state index contributed by atoms with van der Waals surface area (Å²) in [6.07, 6.45) is 3.69. The van der Waals surface area contributed by atoms with Crippen molar-refractivity contribution in [3.63, 3.8) is 0 Å². The van der Waals surface area contributed by atoms with Crippen LogP contribution in [-0.2, 0) is 4.79 Å². The van der Waals surface area contributed by atoms with Gasteiger partial charge in [-0.15, -0.1) is 0 Å². The Hall–Kier alpha value is -1.41. The standard InChI is InChI=1S/C17H22NO/c1-18(2)9-8-14-10-15(19)11-16(17(14)12-18)13-6-4-3-5-7-13/h3-7,10,16-17H,8-9,11-12H2,1-2H3/q+1/t16-,17+/m1/s1. The zero-order chi connectivity index (χ0) is 13.5. The van der Waals surface area contributed by atoms with Crippen LogP contribution >= 0.6 is 0 Å². The highest BCUT2D eigenvalue weighted by atomic mass is 16.1. The molecule has 0 bridgehead atoms. The second-order valence-electron chi connectivity index (χ2n) is 6.61. The van der Waals surface area contributed by atoms with Crippen LogP contribution in [0.4, 0.5) is 0 Å². The second-order valence-corrected chi connectivity index (χ2v) is 6.61. The normalized spacial score (nSPS) is 29.6. The van der Waals surface area contributed by atoms with E-state index in [-0.39, 0.29) is 0 Å². The van der Waals surface area contributed by atoms with E-state index in [0.717, 1.165) is 24.0 Å². The maximum absolute atomic E-state index is 12.0. The van der Waals surface area contributed by atoms with Crippen LogP contribution in [0.3, 0.4) is 0 Å². The average molecular weight is 256 g/mol. The SMILES string of the molecule is C[N+]1(C)CCC2=CC(=O)C[C@H](c3ccccc3)[C@H]2C1. The first-order valence-corrected chi connectivity index (χ1v) is 7.15. The van der Waals surface area contributed by atoms with Gasteiger partial charge < -0.3 is 4.48 Å². The number of carbonyl (C=O) groups is 1. The van der Waals surface area contributed by atoms with E-state index in [2.05, 4.69) is 38.4 Å². The van der Waals surface area contributed by atoms with E-state index in [1.165, 1.54) is 11.1 Å². The van der Waals surface area contributed by atoms with Gasteiger partial charge in [0.15, 0.2) is 5.78 Å². The number of rotatable bonds is 1. The van der Waals surface area contributed by atoms with Gasteiger partial charge >= 0.3 is 0 Å².